The molecule has 2 aliphatic rings. The number of morpholine rings is 1. The first kappa shape index (κ1) is 22.0. The number of ether oxygens (including phenoxy) is 1. The predicted molar refractivity (Wildman–Crippen MR) is 139 cm³/mol. The molecule has 2 saturated heterocycles. The smallest absolute Gasteiger partial charge is 0.251 e. The second-order valence-corrected chi connectivity index (χ2v) is 10.2. The highest BCUT2D eigenvalue weighted by molar-refractivity contribution is 7.78. The highest BCUT2D eigenvalue weighted by atomic mass is 35.5. The first-order chi connectivity index (χ1) is 16.4. The minimum Gasteiger partial charge on any atom is -0.371 e. The highest BCUT2D eigenvalue weighted by Gasteiger charge is 2.34. The molecule has 174 valence electrons. The molecule has 0 saturated carbocycles. The number of anilines is 1. The van der Waals surface area contributed by atoms with E-state index < -0.39 is 0 Å². The van der Waals surface area contributed by atoms with Gasteiger partial charge in [0.15, 0.2) is 5.65 Å². The third-order valence-corrected chi connectivity index (χ3v) is 7.71. The molecule has 1 aromatic carbocycles. The molecule has 2 bridgehead atoms. The maximum atomic E-state index is 12.9. The van der Waals surface area contributed by atoms with E-state index in [2.05, 4.69) is 28.8 Å². The van der Waals surface area contributed by atoms with E-state index in [4.69, 9.17) is 27.9 Å². The van der Waals surface area contributed by atoms with Crippen molar-refractivity contribution >= 4 is 52.7 Å². The molecule has 0 radical (unpaired) electrons. The Morgan fingerprint density at radius 3 is 2.59 bits per heavy atom. The van der Waals surface area contributed by atoms with Crippen LogP contribution in [0.2, 0.25) is 10.0 Å². The summed E-state index contributed by atoms with van der Waals surface area (Å²) in [6.45, 7) is 2.17. The van der Waals surface area contributed by atoms with Crippen molar-refractivity contribution < 1.29 is 4.74 Å². The lowest BCUT2D eigenvalue weighted by molar-refractivity contribution is 0.0305. The zero-order chi connectivity index (χ0) is 23.4. The molecule has 2 unspecified atom stereocenters. The van der Waals surface area contributed by atoms with Crippen molar-refractivity contribution in [1.82, 2.24) is 13.5 Å². The summed E-state index contributed by atoms with van der Waals surface area (Å²) in [6, 6.07) is 11.1. The summed E-state index contributed by atoms with van der Waals surface area (Å²) in [5.74, 6) is 0. The third kappa shape index (κ3) is 4.01. The Morgan fingerprint density at radius 1 is 1.06 bits per heavy atom. The van der Waals surface area contributed by atoms with Gasteiger partial charge in [-0.3, -0.25) is 8.77 Å². The van der Waals surface area contributed by atoms with Gasteiger partial charge >= 0.3 is 0 Å². The van der Waals surface area contributed by atoms with E-state index in [1.807, 2.05) is 24.5 Å². The summed E-state index contributed by atoms with van der Waals surface area (Å²) >= 11 is 16.7. The van der Waals surface area contributed by atoms with E-state index >= 15 is 0 Å². The third-order valence-electron chi connectivity index (χ3n) is 6.66. The maximum Gasteiger partial charge on any atom is 0.251 e. The lowest BCUT2D eigenvalue weighted by atomic mass is 10.1. The van der Waals surface area contributed by atoms with E-state index in [1.165, 1.54) is 0 Å². The average molecular weight is 513 g/mol. The van der Waals surface area contributed by atoms with Crippen LogP contribution in [0.25, 0.3) is 22.2 Å². The molecule has 3 aromatic heterocycles. The molecular weight excluding hydrogens is 491 g/mol. The van der Waals surface area contributed by atoms with E-state index in [1.54, 1.807) is 32.9 Å². The molecule has 0 N–H and O–H groups in total. The van der Waals surface area contributed by atoms with Gasteiger partial charge in [-0.1, -0.05) is 42.1 Å². The van der Waals surface area contributed by atoms with Gasteiger partial charge in [-0.25, -0.2) is 4.98 Å². The molecule has 6 rings (SSSR count). The quantitative estimate of drug-likeness (QED) is 0.378. The molecular formula is C25H22Cl2N4O2S. The van der Waals surface area contributed by atoms with Crippen molar-refractivity contribution in [3.63, 3.8) is 0 Å². The molecule has 2 atom stereocenters. The normalized spacial score (nSPS) is 19.8. The van der Waals surface area contributed by atoms with Gasteiger partial charge in [-0.05, 0) is 48.2 Å². The van der Waals surface area contributed by atoms with Crippen LogP contribution < -0.4 is 10.5 Å². The van der Waals surface area contributed by atoms with Crippen molar-refractivity contribution in [2.45, 2.75) is 31.6 Å². The number of hydrogen-bond donors (Lipinski definition) is 1. The second-order valence-electron chi connectivity index (χ2n) is 8.94. The largest absolute Gasteiger partial charge is 0.371 e. The lowest BCUT2D eigenvalue weighted by Crippen LogP contribution is -2.42. The van der Waals surface area contributed by atoms with E-state index in [9.17, 15) is 4.79 Å². The number of fused-ring (bicyclic) bond motifs is 3. The standard InChI is InChI=1S/C25H22Cl2N4O2S/c26-22-4-1-15(7-23(22)27)11-29-6-5-16(8-24(29)32)21-14-31(34)25-20(21)9-17(10-28-25)30-12-18-2-3-19(13-30)33-18/h1,4-10,14,18-19,34H,2-3,11-13H2. The fraction of sp³-hybridized carbons (Fsp3) is 0.280. The molecule has 2 aliphatic heterocycles. The molecule has 0 amide bonds. The molecule has 2 fully saturated rings. The van der Waals surface area contributed by atoms with Crippen LogP contribution in [-0.4, -0.2) is 38.8 Å². The van der Waals surface area contributed by atoms with Crippen molar-refractivity contribution in [2.24, 2.45) is 0 Å². The molecule has 4 aromatic rings. The molecule has 5 heterocycles. The molecule has 6 nitrogen and oxygen atoms in total. The fourth-order valence-corrected chi connectivity index (χ4v) is 5.55. The van der Waals surface area contributed by atoms with Crippen LogP contribution in [0.15, 0.2) is 59.8 Å². The van der Waals surface area contributed by atoms with Crippen LogP contribution in [0.3, 0.4) is 0 Å². The van der Waals surface area contributed by atoms with Crippen molar-refractivity contribution in [3.05, 3.63) is 81.0 Å². The van der Waals surface area contributed by atoms with Crippen molar-refractivity contribution in [3.8, 4) is 11.1 Å². The van der Waals surface area contributed by atoms with E-state index in [0.717, 1.165) is 59.3 Å². The number of hydrogen-bond acceptors (Lipinski definition) is 5. The first-order valence-electron chi connectivity index (χ1n) is 11.2. The number of pyridine rings is 2. The van der Waals surface area contributed by atoms with Gasteiger partial charge in [0.2, 0.25) is 0 Å². The minimum absolute atomic E-state index is 0.0995. The number of rotatable bonds is 4. The Labute approximate surface area is 212 Å². The molecule has 9 heteroatoms. The van der Waals surface area contributed by atoms with Crippen LogP contribution in [0.1, 0.15) is 18.4 Å². The topological polar surface area (TPSA) is 52.3 Å². The minimum atomic E-state index is -0.0995. The number of aromatic nitrogens is 3. The summed E-state index contributed by atoms with van der Waals surface area (Å²) in [7, 11) is 0. The van der Waals surface area contributed by atoms with Crippen LogP contribution in [0.4, 0.5) is 5.69 Å². The van der Waals surface area contributed by atoms with Crippen LogP contribution in [-0.2, 0) is 11.3 Å². The lowest BCUT2D eigenvalue weighted by Gasteiger charge is -2.33. The first-order valence-corrected chi connectivity index (χ1v) is 12.4. The van der Waals surface area contributed by atoms with Crippen LogP contribution in [0, 0.1) is 0 Å². The SMILES string of the molecule is O=c1cc(-c2cn(S)c3ncc(N4CC5CCC(C4)O5)cc23)ccn1Cc1ccc(Cl)c(Cl)c1. The van der Waals surface area contributed by atoms with Crippen molar-refractivity contribution in [2.75, 3.05) is 18.0 Å². The number of thiol groups is 1. The van der Waals surface area contributed by atoms with Gasteiger partial charge in [0.05, 0.1) is 40.7 Å². The molecule has 0 aliphatic carbocycles. The van der Waals surface area contributed by atoms with Crippen LogP contribution >= 0.6 is 36.0 Å². The Morgan fingerprint density at radius 2 is 1.85 bits per heavy atom. The molecule has 0 spiro atoms. The predicted octanol–water partition coefficient (Wildman–Crippen LogP) is 5.28. The zero-order valence-corrected chi connectivity index (χ0v) is 20.6. The Balaban J connectivity index is 1.33. The van der Waals surface area contributed by atoms with Gasteiger partial charge in [0.25, 0.3) is 5.56 Å². The monoisotopic (exact) mass is 512 g/mol. The fourth-order valence-electron chi connectivity index (χ4n) is 4.95. The van der Waals surface area contributed by atoms with Crippen molar-refractivity contribution in [1.29, 1.82) is 0 Å². The maximum absolute atomic E-state index is 12.9. The molecule has 34 heavy (non-hydrogen) atoms. The van der Waals surface area contributed by atoms with Gasteiger partial charge in [-0.2, -0.15) is 0 Å². The Bertz CT molecular complexity index is 1460. The summed E-state index contributed by atoms with van der Waals surface area (Å²) in [6.07, 6.45) is 8.45. The van der Waals surface area contributed by atoms with Gasteiger partial charge in [0.1, 0.15) is 0 Å². The Hall–Kier alpha value is -2.45. The van der Waals surface area contributed by atoms with Gasteiger partial charge < -0.3 is 14.2 Å². The Kier molecular flexibility index (Phi) is 5.60. The number of nitrogens with zero attached hydrogens (tertiary/aromatic N) is 4. The summed E-state index contributed by atoms with van der Waals surface area (Å²) in [5, 5.41) is 1.93. The second kappa shape index (κ2) is 8.64. The van der Waals surface area contributed by atoms with Gasteiger partial charge in [-0.15, -0.1) is 0 Å². The van der Waals surface area contributed by atoms with E-state index in [0.29, 0.717) is 28.8 Å². The summed E-state index contributed by atoms with van der Waals surface area (Å²) in [5.41, 5.74) is 4.39. The zero-order valence-electron chi connectivity index (χ0n) is 18.2. The van der Waals surface area contributed by atoms with E-state index in [-0.39, 0.29) is 5.56 Å². The summed E-state index contributed by atoms with van der Waals surface area (Å²) in [4.78, 5) is 20.0. The highest BCUT2D eigenvalue weighted by Crippen LogP contribution is 2.35. The average Bonchev–Trinajstić information content (AvgIpc) is 3.35. The number of halogens is 2. The number of benzene rings is 1. The summed E-state index contributed by atoms with van der Waals surface area (Å²) < 4.78 is 9.34. The van der Waals surface area contributed by atoms with Gasteiger partial charge in [0, 0.05) is 42.5 Å². The van der Waals surface area contributed by atoms with Crippen LogP contribution in [0.5, 0.6) is 0 Å².